The molecule has 5 rings (SSSR count). The highest BCUT2D eigenvalue weighted by molar-refractivity contribution is 5.91. The van der Waals surface area contributed by atoms with Crippen LogP contribution in [0.3, 0.4) is 0 Å². The van der Waals surface area contributed by atoms with Crippen LogP contribution in [0.1, 0.15) is 18.4 Å². The molecule has 0 aliphatic carbocycles. The van der Waals surface area contributed by atoms with Crippen LogP contribution >= 0.6 is 0 Å². The predicted molar refractivity (Wildman–Crippen MR) is 113 cm³/mol. The van der Waals surface area contributed by atoms with E-state index in [1.807, 2.05) is 36.7 Å². The first-order chi connectivity index (χ1) is 14.2. The van der Waals surface area contributed by atoms with Crippen LogP contribution in [-0.4, -0.2) is 47.2 Å². The molecular weight excluding hydrogens is 365 g/mol. The van der Waals surface area contributed by atoms with Crippen molar-refractivity contribution in [2.45, 2.75) is 25.0 Å². The van der Waals surface area contributed by atoms with Crippen molar-refractivity contribution in [3.05, 3.63) is 72.4 Å². The molecule has 0 bridgehead atoms. The molecule has 1 fully saturated rings. The second-order valence-corrected chi connectivity index (χ2v) is 7.83. The zero-order valence-electron chi connectivity index (χ0n) is 16.4. The van der Waals surface area contributed by atoms with Gasteiger partial charge in [-0.3, -0.25) is 9.88 Å². The van der Waals surface area contributed by atoms with Crippen LogP contribution in [0, 0.1) is 5.82 Å². The number of methoxy groups -OCH3 is 1. The van der Waals surface area contributed by atoms with Gasteiger partial charge >= 0.3 is 0 Å². The molecular formula is C24H24FN3O. The molecule has 1 N–H and O–H groups in total. The summed E-state index contributed by atoms with van der Waals surface area (Å²) in [6, 6.07) is 11.3. The third-order valence-corrected chi connectivity index (χ3v) is 6.18. The van der Waals surface area contributed by atoms with Gasteiger partial charge in [0.05, 0.1) is 11.8 Å². The minimum absolute atomic E-state index is 0.227. The number of nitrogens with one attached hydrogen (secondary N) is 1. The van der Waals surface area contributed by atoms with Crippen LogP contribution in [-0.2, 0) is 4.74 Å². The summed E-state index contributed by atoms with van der Waals surface area (Å²) in [5.41, 5.74) is 6.83. The molecule has 5 heteroatoms. The molecule has 1 aromatic carbocycles. The van der Waals surface area contributed by atoms with E-state index in [-0.39, 0.29) is 5.82 Å². The van der Waals surface area contributed by atoms with Crippen molar-refractivity contribution in [3.8, 4) is 22.4 Å². The summed E-state index contributed by atoms with van der Waals surface area (Å²) in [7, 11) is 1.81. The number of benzene rings is 1. The summed E-state index contributed by atoms with van der Waals surface area (Å²) in [5, 5.41) is 0. The third kappa shape index (κ3) is 3.41. The fourth-order valence-corrected chi connectivity index (χ4v) is 4.67. The van der Waals surface area contributed by atoms with Gasteiger partial charge in [0.2, 0.25) is 0 Å². The lowest BCUT2D eigenvalue weighted by atomic mass is 9.89. The number of H-pyrrole nitrogens is 1. The molecule has 0 spiro atoms. The number of ether oxygens (including phenoxy) is 1. The third-order valence-electron chi connectivity index (χ3n) is 6.18. The minimum Gasteiger partial charge on any atom is -0.380 e. The van der Waals surface area contributed by atoms with Crippen LogP contribution in [0.15, 0.2) is 61.1 Å². The van der Waals surface area contributed by atoms with Crippen LogP contribution < -0.4 is 0 Å². The Balaban J connectivity index is 1.56. The van der Waals surface area contributed by atoms with Gasteiger partial charge in [0.1, 0.15) is 5.82 Å². The van der Waals surface area contributed by atoms with E-state index in [9.17, 15) is 4.39 Å². The summed E-state index contributed by atoms with van der Waals surface area (Å²) >= 11 is 0. The van der Waals surface area contributed by atoms with E-state index in [4.69, 9.17) is 4.74 Å². The Morgan fingerprint density at radius 2 is 1.90 bits per heavy atom. The monoisotopic (exact) mass is 389 g/mol. The van der Waals surface area contributed by atoms with E-state index >= 15 is 0 Å². The number of halogens is 1. The number of nitrogens with zero attached hydrogens (tertiary/aromatic N) is 2. The highest BCUT2D eigenvalue weighted by Crippen LogP contribution is 2.41. The second-order valence-electron chi connectivity index (χ2n) is 7.83. The van der Waals surface area contributed by atoms with Gasteiger partial charge < -0.3 is 9.72 Å². The minimum atomic E-state index is -0.227. The molecule has 0 saturated carbocycles. The summed E-state index contributed by atoms with van der Waals surface area (Å²) in [6.45, 7) is 1.96. The maximum Gasteiger partial charge on any atom is 0.123 e. The van der Waals surface area contributed by atoms with E-state index in [1.165, 1.54) is 23.3 Å². The van der Waals surface area contributed by atoms with Crippen molar-refractivity contribution < 1.29 is 9.13 Å². The molecule has 2 aliphatic heterocycles. The topological polar surface area (TPSA) is 41.1 Å². The van der Waals surface area contributed by atoms with Gasteiger partial charge in [-0.05, 0) is 65.9 Å². The average molecular weight is 389 g/mol. The Morgan fingerprint density at radius 1 is 1.10 bits per heavy atom. The molecule has 0 radical (unpaired) electrons. The molecule has 29 heavy (non-hydrogen) atoms. The highest BCUT2D eigenvalue weighted by Gasteiger charge is 2.35. The highest BCUT2D eigenvalue weighted by atomic mass is 19.1. The first-order valence-electron chi connectivity index (χ1n) is 10.1. The molecule has 4 heterocycles. The Labute approximate surface area is 170 Å². The number of hydrogen-bond donors (Lipinski definition) is 1. The molecule has 2 aliphatic rings. The summed E-state index contributed by atoms with van der Waals surface area (Å²) in [5.74, 6) is -0.227. The number of aromatic nitrogens is 2. The molecule has 0 amide bonds. The normalized spacial score (nSPS) is 21.8. The maximum atomic E-state index is 13.5. The average Bonchev–Trinajstić information content (AvgIpc) is 3.38. The molecule has 2 aromatic heterocycles. The number of pyridine rings is 1. The summed E-state index contributed by atoms with van der Waals surface area (Å²) in [6.07, 6.45) is 10.5. The molecule has 4 nitrogen and oxygen atoms in total. The first-order valence-corrected chi connectivity index (χ1v) is 10.1. The predicted octanol–water partition coefficient (Wildman–Crippen LogP) is 4.76. The fourth-order valence-electron chi connectivity index (χ4n) is 4.67. The van der Waals surface area contributed by atoms with Gasteiger partial charge in [-0.1, -0.05) is 6.08 Å². The van der Waals surface area contributed by atoms with Gasteiger partial charge in [-0.15, -0.1) is 0 Å². The van der Waals surface area contributed by atoms with Crippen LogP contribution in [0.25, 0.3) is 28.0 Å². The Morgan fingerprint density at radius 3 is 2.66 bits per heavy atom. The van der Waals surface area contributed by atoms with E-state index < -0.39 is 0 Å². The number of fused-ring (bicyclic) bond motifs is 1. The standard InChI is InChI=1S/C24H24FN3O/c1-29-21-13-20-12-18(8-11-28(20)15-21)22-14-27-24(17-2-4-19(25)5-3-17)23(22)16-6-9-26-10-7-16/h2-10,14,20-21,27H,11-13,15H2,1H3/t20-,21+/m0/s1. The number of aromatic amines is 1. The van der Waals surface area contributed by atoms with Gasteiger partial charge in [-0.25, -0.2) is 4.39 Å². The molecule has 1 saturated heterocycles. The lowest BCUT2D eigenvalue weighted by molar-refractivity contribution is 0.109. The zero-order valence-corrected chi connectivity index (χ0v) is 16.4. The Hall–Kier alpha value is -2.76. The van der Waals surface area contributed by atoms with Crippen LogP contribution in [0.4, 0.5) is 4.39 Å². The molecule has 2 atom stereocenters. The van der Waals surface area contributed by atoms with Crippen molar-refractivity contribution in [2.75, 3.05) is 20.2 Å². The van der Waals surface area contributed by atoms with Crippen molar-refractivity contribution in [1.82, 2.24) is 14.9 Å². The van der Waals surface area contributed by atoms with E-state index in [1.54, 1.807) is 7.11 Å². The second kappa shape index (κ2) is 7.58. The Bertz CT molecular complexity index is 1030. The van der Waals surface area contributed by atoms with Gasteiger partial charge in [0.15, 0.2) is 0 Å². The maximum absolute atomic E-state index is 13.5. The SMILES string of the molecule is CO[C@@H]1C[C@@H]2CC(c3c[nH]c(-c4ccc(F)cc4)c3-c3ccncc3)=CCN2C1. The first kappa shape index (κ1) is 18.3. The summed E-state index contributed by atoms with van der Waals surface area (Å²) in [4.78, 5) is 10.2. The summed E-state index contributed by atoms with van der Waals surface area (Å²) < 4.78 is 19.1. The van der Waals surface area contributed by atoms with E-state index in [0.717, 1.165) is 48.3 Å². The lowest BCUT2D eigenvalue weighted by Crippen LogP contribution is -2.33. The quantitative estimate of drug-likeness (QED) is 0.700. The van der Waals surface area contributed by atoms with Crippen molar-refractivity contribution >= 4 is 5.57 Å². The zero-order chi connectivity index (χ0) is 19.8. The molecule has 0 unspecified atom stereocenters. The lowest BCUT2D eigenvalue weighted by Gasteiger charge is -2.29. The van der Waals surface area contributed by atoms with Crippen molar-refractivity contribution in [3.63, 3.8) is 0 Å². The van der Waals surface area contributed by atoms with E-state index in [0.29, 0.717) is 12.1 Å². The van der Waals surface area contributed by atoms with Gasteiger partial charge in [0, 0.05) is 56.0 Å². The smallest absolute Gasteiger partial charge is 0.123 e. The van der Waals surface area contributed by atoms with Crippen molar-refractivity contribution in [1.29, 1.82) is 0 Å². The Kier molecular flexibility index (Phi) is 4.78. The molecule has 148 valence electrons. The fraction of sp³-hybridized carbons (Fsp3) is 0.292. The molecule has 3 aromatic rings. The largest absolute Gasteiger partial charge is 0.380 e. The van der Waals surface area contributed by atoms with Crippen LogP contribution in [0.5, 0.6) is 0 Å². The van der Waals surface area contributed by atoms with Gasteiger partial charge in [0.25, 0.3) is 0 Å². The van der Waals surface area contributed by atoms with E-state index in [2.05, 4.69) is 27.1 Å². The van der Waals surface area contributed by atoms with Crippen LogP contribution in [0.2, 0.25) is 0 Å². The number of hydrogen-bond acceptors (Lipinski definition) is 3. The van der Waals surface area contributed by atoms with Gasteiger partial charge in [-0.2, -0.15) is 0 Å². The number of rotatable bonds is 4. The van der Waals surface area contributed by atoms with Crippen molar-refractivity contribution in [2.24, 2.45) is 0 Å².